The van der Waals surface area contributed by atoms with Gasteiger partial charge >= 0.3 is 5.97 Å². The first-order valence-electron chi connectivity index (χ1n) is 11.6. The Hall–Kier alpha value is -3.47. The highest BCUT2D eigenvalue weighted by Gasteiger charge is 2.50. The first kappa shape index (κ1) is 25.6. The molecule has 0 aromatic heterocycles. The molecule has 1 saturated heterocycles. The highest BCUT2D eigenvalue weighted by molar-refractivity contribution is 7.92. The maximum Gasteiger partial charge on any atom is 0.338 e. The van der Waals surface area contributed by atoms with Crippen molar-refractivity contribution in [1.29, 1.82) is 0 Å². The largest absolute Gasteiger partial charge is 0.452 e. The Morgan fingerprint density at radius 2 is 1.83 bits per heavy atom. The lowest BCUT2D eigenvalue weighted by Crippen LogP contribution is -2.39. The molecule has 36 heavy (non-hydrogen) atoms. The fraction of sp³-hybridized carbons (Fsp3) is 0.440. The van der Waals surface area contributed by atoms with Crippen molar-refractivity contribution >= 4 is 33.3 Å². The monoisotopic (exact) mass is 515 g/mol. The van der Waals surface area contributed by atoms with E-state index in [0.717, 1.165) is 25.3 Å². The molecule has 1 amide bonds. The van der Waals surface area contributed by atoms with Gasteiger partial charge in [-0.05, 0) is 60.4 Å². The number of nitrogens with zero attached hydrogens (tertiary/aromatic N) is 2. The van der Waals surface area contributed by atoms with E-state index in [4.69, 9.17) is 4.74 Å². The molecule has 2 fully saturated rings. The fourth-order valence-electron chi connectivity index (χ4n) is 5.70. The number of carbonyl (C=O) groups is 2. The molecule has 1 aliphatic carbocycles. The third kappa shape index (κ3) is 5.51. The molecule has 1 heterocycles. The molecule has 2 aromatic rings. The molecule has 0 radical (unpaired) electrons. The van der Waals surface area contributed by atoms with E-state index in [1.165, 1.54) is 42.5 Å². The molecule has 10 nitrogen and oxygen atoms in total. The van der Waals surface area contributed by atoms with Crippen LogP contribution in [0.4, 0.5) is 11.4 Å². The van der Waals surface area contributed by atoms with Crippen molar-refractivity contribution in [2.45, 2.75) is 51.0 Å². The van der Waals surface area contributed by atoms with Crippen LogP contribution < -0.4 is 4.72 Å². The summed E-state index contributed by atoms with van der Waals surface area (Å²) in [5, 5.41) is 10.8. The first-order valence-corrected chi connectivity index (χ1v) is 13.1. The van der Waals surface area contributed by atoms with Gasteiger partial charge in [0.15, 0.2) is 6.61 Å². The van der Waals surface area contributed by atoms with Gasteiger partial charge in [0, 0.05) is 30.4 Å². The van der Waals surface area contributed by atoms with E-state index in [1.54, 1.807) is 0 Å². The summed E-state index contributed by atoms with van der Waals surface area (Å²) in [4.78, 5) is 37.3. The summed E-state index contributed by atoms with van der Waals surface area (Å²) in [7, 11) is -4.08. The average Bonchev–Trinajstić information content (AvgIpc) is 3.06. The molecule has 2 unspecified atom stereocenters. The van der Waals surface area contributed by atoms with Crippen LogP contribution in [0.1, 0.15) is 50.4 Å². The fourth-order valence-corrected chi connectivity index (χ4v) is 6.80. The van der Waals surface area contributed by atoms with Crippen LogP contribution in [0, 0.1) is 20.9 Å². The van der Waals surface area contributed by atoms with Crippen LogP contribution in [0.15, 0.2) is 53.4 Å². The number of esters is 1. The number of hydrogen-bond donors (Lipinski definition) is 1. The number of anilines is 1. The van der Waals surface area contributed by atoms with Gasteiger partial charge in [0.2, 0.25) is 0 Å². The Morgan fingerprint density at radius 1 is 1.14 bits per heavy atom. The van der Waals surface area contributed by atoms with Crippen molar-refractivity contribution in [3.05, 3.63) is 64.2 Å². The molecule has 2 aliphatic rings. The maximum atomic E-state index is 12.9. The zero-order valence-electron chi connectivity index (χ0n) is 20.4. The maximum absolute atomic E-state index is 12.9. The summed E-state index contributed by atoms with van der Waals surface area (Å²) in [5.74, 6) is -1.05. The minimum absolute atomic E-state index is 0.0114. The van der Waals surface area contributed by atoms with E-state index < -0.39 is 27.5 Å². The van der Waals surface area contributed by atoms with Crippen LogP contribution in [-0.2, 0) is 19.6 Å². The molecule has 11 heteroatoms. The second kappa shape index (κ2) is 9.20. The molecule has 0 spiro atoms. The highest BCUT2D eigenvalue weighted by atomic mass is 32.2. The molecule has 2 bridgehead atoms. The predicted molar refractivity (Wildman–Crippen MR) is 132 cm³/mol. The van der Waals surface area contributed by atoms with Crippen LogP contribution in [-0.4, -0.2) is 49.3 Å². The van der Waals surface area contributed by atoms with Crippen LogP contribution in [0.3, 0.4) is 0 Å². The predicted octanol–water partition coefficient (Wildman–Crippen LogP) is 3.98. The Balaban J connectivity index is 1.40. The SMILES string of the molecule is CC1(C)CC2CC(C)(CN2C(=O)COC(=O)c2cccc(S(=O)(=O)Nc3ccc([N+](=O)[O-])cc3)c2)C1. The zero-order chi connectivity index (χ0) is 26.3. The first-order chi connectivity index (χ1) is 16.8. The summed E-state index contributed by atoms with van der Waals surface area (Å²) >= 11 is 0. The van der Waals surface area contributed by atoms with Gasteiger partial charge in [-0.15, -0.1) is 0 Å². The number of nitro groups is 1. The summed E-state index contributed by atoms with van der Waals surface area (Å²) in [6.07, 6.45) is 2.89. The quantitative estimate of drug-likeness (QED) is 0.335. The number of non-ortho nitro benzene ring substituents is 1. The van der Waals surface area contributed by atoms with E-state index in [2.05, 4.69) is 25.5 Å². The molecular formula is C25H29N3O7S. The molecular weight excluding hydrogens is 486 g/mol. The lowest BCUT2D eigenvalue weighted by molar-refractivity contribution is -0.384. The van der Waals surface area contributed by atoms with Crippen molar-refractivity contribution in [1.82, 2.24) is 4.90 Å². The number of rotatable bonds is 7. The highest BCUT2D eigenvalue weighted by Crippen LogP contribution is 2.52. The number of ether oxygens (including phenoxy) is 1. The van der Waals surface area contributed by atoms with Gasteiger partial charge in [0.25, 0.3) is 21.6 Å². The minimum atomic E-state index is -4.08. The van der Waals surface area contributed by atoms with Crippen molar-refractivity contribution in [2.75, 3.05) is 17.9 Å². The van der Waals surface area contributed by atoms with Crippen LogP contribution in [0.5, 0.6) is 0 Å². The van der Waals surface area contributed by atoms with Crippen molar-refractivity contribution in [2.24, 2.45) is 10.8 Å². The number of hydrogen-bond acceptors (Lipinski definition) is 7. The van der Waals surface area contributed by atoms with E-state index >= 15 is 0 Å². The normalized spacial score (nSPS) is 22.6. The number of fused-ring (bicyclic) bond motifs is 2. The Bertz CT molecular complexity index is 1310. The minimum Gasteiger partial charge on any atom is -0.452 e. The van der Waals surface area contributed by atoms with Crippen molar-refractivity contribution < 1.29 is 27.7 Å². The molecule has 2 atom stereocenters. The standard InChI is InChI=1S/C25H29N3O7S/c1-24(2)12-20-13-25(3,15-24)16-27(20)22(29)14-35-23(30)17-5-4-6-21(11-17)36(33,34)26-18-7-9-19(10-8-18)28(31)32/h4-11,20,26H,12-16H2,1-3H3. The van der Waals surface area contributed by atoms with Gasteiger partial charge in [-0.2, -0.15) is 0 Å². The van der Waals surface area contributed by atoms with E-state index in [1.807, 2.05) is 4.90 Å². The van der Waals surface area contributed by atoms with E-state index in [-0.39, 0.29) is 44.6 Å². The smallest absolute Gasteiger partial charge is 0.338 e. The Kier molecular flexibility index (Phi) is 6.54. The summed E-state index contributed by atoms with van der Waals surface area (Å²) in [5.41, 5.74) is 0.158. The van der Waals surface area contributed by atoms with Gasteiger partial charge in [-0.25, -0.2) is 13.2 Å². The lowest BCUT2D eigenvalue weighted by Gasteiger charge is -2.39. The lowest BCUT2D eigenvalue weighted by atomic mass is 9.65. The third-order valence-electron chi connectivity index (χ3n) is 6.77. The van der Waals surface area contributed by atoms with Crippen molar-refractivity contribution in [3.63, 3.8) is 0 Å². The molecule has 1 saturated carbocycles. The van der Waals surface area contributed by atoms with Crippen molar-refractivity contribution in [3.8, 4) is 0 Å². The average molecular weight is 516 g/mol. The molecule has 1 N–H and O–H groups in total. The van der Waals surface area contributed by atoms with Crippen LogP contribution >= 0.6 is 0 Å². The number of nitrogens with one attached hydrogen (secondary N) is 1. The second-order valence-electron chi connectivity index (χ2n) is 10.7. The number of sulfonamides is 1. The topological polar surface area (TPSA) is 136 Å². The zero-order valence-corrected chi connectivity index (χ0v) is 21.2. The Labute approximate surface area is 209 Å². The van der Waals surface area contributed by atoms with E-state index in [9.17, 15) is 28.1 Å². The van der Waals surface area contributed by atoms with Gasteiger partial charge in [0.1, 0.15) is 0 Å². The summed E-state index contributed by atoms with van der Waals surface area (Å²) in [6.45, 7) is 6.84. The van der Waals surface area contributed by atoms with Gasteiger partial charge in [-0.3, -0.25) is 19.6 Å². The third-order valence-corrected chi connectivity index (χ3v) is 8.15. The molecule has 2 aromatic carbocycles. The number of nitro benzene ring substituents is 1. The van der Waals surface area contributed by atoms with Gasteiger partial charge in [-0.1, -0.05) is 26.8 Å². The summed E-state index contributed by atoms with van der Waals surface area (Å²) in [6, 6.07) is 10.3. The number of carbonyl (C=O) groups excluding carboxylic acids is 2. The number of amides is 1. The van der Waals surface area contributed by atoms with E-state index in [0.29, 0.717) is 6.54 Å². The van der Waals surface area contributed by atoms with Crippen LogP contribution in [0.2, 0.25) is 0 Å². The summed E-state index contributed by atoms with van der Waals surface area (Å²) < 4.78 is 33.1. The molecule has 4 rings (SSSR count). The Morgan fingerprint density at radius 3 is 2.50 bits per heavy atom. The van der Waals surface area contributed by atoms with Gasteiger partial charge in [0.05, 0.1) is 15.4 Å². The molecule has 1 aliphatic heterocycles. The van der Waals surface area contributed by atoms with Gasteiger partial charge < -0.3 is 9.64 Å². The number of benzene rings is 2. The second-order valence-corrected chi connectivity index (χ2v) is 12.4. The molecule has 192 valence electrons. The van der Waals surface area contributed by atoms with Crippen LogP contribution in [0.25, 0.3) is 0 Å². The number of likely N-dealkylation sites (tertiary alicyclic amines) is 1.